The lowest BCUT2D eigenvalue weighted by Crippen LogP contribution is -2.42. The first kappa shape index (κ1) is 15.8. The molecule has 1 aliphatic rings. The Bertz CT molecular complexity index is 448. The summed E-state index contributed by atoms with van der Waals surface area (Å²) in [4.78, 5) is 14.2. The fraction of sp³-hybridized carbons (Fsp3) is 0.588. The number of hydrogen-bond acceptors (Lipinski definition) is 3. The van der Waals surface area contributed by atoms with E-state index in [-0.39, 0.29) is 11.9 Å². The van der Waals surface area contributed by atoms with Crippen molar-refractivity contribution in [3.8, 4) is 5.75 Å². The second kappa shape index (κ2) is 7.46. The lowest BCUT2D eigenvalue weighted by molar-refractivity contribution is -0.132. The van der Waals surface area contributed by atoms with Crippen LogP contribution in [0.2, 0.25) is 0 Å². The predicted molar refractivity (Wildman–Crippen MR) is 84.3 cm³/mol. The summed E-state index contributed by atoms with van der Waals surface area (Å²) in [5.74, 6) is 1.67. The van der Waals surface area contributed by atoms with E-state index in [4.69, 9.17) is 10.5 Å². The van der Waals surface area contributed by atoms with Gasteiger partial charge in [0.1, 0.15) is 5.75 Å². The summed E-state index contributed by atoms with van der Waals surface area (Å²) in [6.45, 7) is 3.77. The highest BCUT2D eigenvalue weighted by atomic mass is 16.5. The van der Waals surface area contributed by atoms with Crippen molar-refractivity contribution in [3.63, 3.8) is 0 Å². The second-order valence-electron chi connectivity index (χ2n) is 5.93. The molecule has 0 saturated carbocycles. The molecule has 1 fully saturated rings. The fourth-order valence-corrected chi connectivity index (χ4v) is 2.88. The number of rotatable bonds is 5. The Morgan fingerprint density at radius 1 is 1.33 bits per heavy atom. The SMILES string of the molecule is COc1ccc(CCC(=O)N2CCC(C(C)N)CC2)cc1. The van der Waals surface area contributed by atoms with Gasteiger partial charge in [0.2, 0.25) is 5.91 Å². The molecule has 1 amide bonds. The Morgan fingerprint density at radius 2 is 1.95 bits per heavy atom. The molecular weight excluding hydrogens is 264 g/mol. The topological polar surface area (TPSA) is 55.6 Å². The van der Waals surface area contributed by atoms with Gasteiger partial charge in [0.05, 0.1) is 7.11 Å². The maximum absolute atomic E-state index is 12.2. The first-order chi connectivity index (χ1) is 10.1. The number of piperidine rings is 1. The Kier molecular flexibility index (Phi) is 5.62. The number of nitrogens with two attached hydrogens (primary N) is 1. The summed E-state index contributed by atoms with van der Waals surface area (Å²) in [5, 5.41) is 0. The molecule has 0 spiro atoms. The monoisotopic (exact) mass is 290 g/mol. The zero-order valence-electron chi connectivity index (χ0n) is 13.0. The number of hydrogen-bond donors (Lipinski definition) is 1. The van der Waals surface area contributed by atoms with Gasteiger partial charge >= 0.3 is 0 Å². The van der Waals surface area contributed by atoms with Crippen LogP contribution in [0, 0.1) is 5.92 Å². The van der Waals surface area contributed by atoms with Crippen LogP contribution in [0.5, 0.6) is 5.75 Å². The molecule has 1 aliphatic heterocycles. The van der Waals surface area contributed by atoms with E-state index >= 15 is 0 Å². The van der Waals surface area contributed by atoms with Crippen LogP contribution in [0.4, 0.5) is 0 Å². The minimum atomic E-state index is 0.238. The summed E-state index contributed by atoms with van der Waals surface area (Å²) in [7, 11) is 1.66. The normalized spacial score (nSPS) is 17.6. The van der Waals surface area contributed by atoms with Gasteiger partial charge in [-0.15, -0.1) is 0 Å². The van der Waals surface area contributed by atoms with E-state index < -0.39 is 0 Å². The van der Waals surface area contributed by atoms with E-state index in [9.17, 15) is 4.79 Å². The highest BCUT2D eigenvalue weighted by Crippen LogP contribution is 2.20. The molecule has 1 unspecified atom stereocenters. The van der Waals surface area contributed by atoms with Crippen molar-refractivity contribution >= 4 is 5.91 Å². The molecule has 1 aromatic rings. The minimum Gasteiger partial charge on any atom is -0.497 e. The van der Waals surface area contributed by atoms with E-state index in [1.165, 1.54) is 5.56 Å². The number of likely N-dealkylation sites (tertiary alicyclic amines) is 1. The van der Waals surface area contributed by atoms with Crippen LogP contribution >= 0.6 is 0 Å². The van der Waals surface area contributed by atoms with Crippen molar-refractivity contribution in [2.45, 2.75) is 38.6 Å². The van der Waals surface area contributed by atoms with Crippen LogP contribution in [0.25, 0.3) is 0 Å². The number of benzene rings is 1. The molecule has 0 radical (unpaired) electrons. The van der Waals surface area contributed by atoms with E-state index in [1.54, 1.807) is 7.11 Å². The molecule has 1 saturated heterocycles. The van der Waals surface area contributed by atoms with Crippen molar-refractivity contribution in [1.82, 2.24) is 4.90 Å². The summed E-state index contributed by atoms with van der Waals surface area (Å²) in [5.41, 5.74) is 7.11. The molecular formula is C17H26N2O2. The molecule has 0 bridgehead atoms. The summed E-state index contributed by atoms with van der Waals surface area (Å²) < 4.78 is 5.13. The van der Waals surface area contributed by atoms with Crippen molar-refractivity contribution in [1.29, 1.82) is 0 Å². The fourth-order valence-electron chi connectivity index (χ4n) is 2.88. The molecule has 0 aromatic heterocycles. The first-order valence-corrected chi connectivity index (χ1v) is 7.76. The maximum atomic E-state index is 12.2. The summed E-state index contributed by atoms with van der Waals surface area (Å²) in [6.07, 6.45) is 3.43. The molecule has 4 heteroatoms. The Hall–Kier alpha value is -1.55. The number of nitrogens with zero attached hydrogens (tertiary/aromatic N) is 1. The van der Waals surface area contributed by atoms with Crippen molar-refractivity contribution in [3.05, 3.63) is 29.8 Å². The van der Waals surface area contributed by atoms with E-state index in [1.807, 2.05) is 29.2 Å². The number of carbonyl (C=O) groups excluding carboxylic acids is 1. The molecule has 2 rings (SSSR count). The smallest absolute Gasteiger partial charge is 0.222 e. The average molecular weight is 290 g/mol. The Labute approximate surface area is 127 Å². The molecule has 0 aliphatic carbocycles. The van der Waals surface area contributed by atoms with Crippen LogP contribution in [0.1, 0.15) is 31.7 Å². The summed E-state index contributed by atoms with van der Waals surface area (Å²) >= 11 is 0. The van der Waals surface area contributed by atoms with Gasteiger partial charge in [0.15, 0.2) is 0 Å². The van der Waals surface area contributed by atoms with Gasteiger partial charge in [0.25, 0.3) is 0 Å². The molecule has 116 valence electrons. The van der Waals surface area contributed by atoms with Crippen LogP contribution in [-0.2, 0) is 11.2 Å². The summed E-state index contributed by atoms with van der Waals surface area (Å²) in [6, 6.07) is 8.16. The van der Waals surface area contributed by atoms with Crippen molar-refractivity contribution < 1.29 is 9.53 Å². The number of aryl methyl sites for hydroxylation is 1. The third kappa shape index (κ3) is 4.46. The number of amides is 1. The van der Waals surface area contributed by atoms with Gasteiger partial charge in [0, 0.05) is 25.6 Å². The van der Waals surface area contributed by atoms with Gasteiger partial charge in [-0.3, -0.25) is 4.79 Å². The van der Waals surface area contributed by atoms with E-state index in [0.717, 1.165) is 38.1 Å². The first-order valence-electron chi connectivity index (χ1n) is 7.76. The lowest BCUT2D eigenvalue weighted by atomic mass is 9.91. The third-order valence-corrected chi connectivity index (χ3v) is 4.42. The van der Waals surface area contributed by atoms with E-state index in [2.05, 4.69) is 6.92 Å². The molecule has 4 nitrogen and oxygen atoms in total. The average Bonchev–Trinajstić information content (AvgIpc) is 2.53. The van der Waals surface area contributed by atoms with Crippen LogP contribution < -0.4 is 10.5 Å². The highest BCUT2D eigenvalue weighted by Gasteiger charge is 2.24. The van der Waals surface area contributed by atoms with E-state index in [0.29, 0.717) is 12.3 Å². The largest absolute Gasteiger partial charge is 0.497 e. The molecule has 2 N–H and O–H groups in total. The molecule has 1 heterocycles. The Morgan fingerprint density at radius 3 is 2.48 bits per heavy atom. The quantitative estimate of drug-likeness (QED) is 0.904. The maximum Gasteiger partial charge on any atom is 0.222 e. The zero-order chi connectivity index (χ0) is 15.2. The lowest BCUT2D eigenvalue weighted by Gasteiger charge is -2.33. The van der Waals surface area contributed by atoms with Crippen molar-refractivity contribution in [2.75, 3.05) is 20.2 Å². The van der Waals surface area contributed by atoms with Gasteiger partial charge in [-0.05, 0) is 49.8 Å². The van der Waals surface area contributed by atoms with Crippen LogP contribution in [0.15, 0.2) is 24.3 Å². The molecule has 1 aromatic carbocycles. The highest BCUT2D eigenvalue weighted by molar-refractivity contribution is 5.76. The predicted octanol–water partition coefficient (Wildman–Crippen LogP) is 2.21. The number of ether oxygens (including phenoxy) is 1. The van der Waals surface area contributed by atoms with Crippen LogP contribution in [0.3, 0.4) is 0 Å². The molecule has 21 heavy (non-hydrogen) atoms. The van der Waals surface area contributed by atoms with Crippen LogP contribution in [-0.4, -0.2) is 37.0 Å². The minimum absolute atomic E-state index is 0.238. The van der Waals surface area contributed by atoms with Gasteiger partial charge < -0.3 is 15.4 Å². The number of carbonyl (C=O) groups is 1. The second-order valence-corrected chi connectivity index (χ2v) is 5.93. The van der Waals surface area contributed by atoms with Gasteiger partial charge in [-0.1, -0.05) is 12.1 Å². The number of methoxy groups -OCH3 is 1. The standard InChI is InChI=1S/C17H26N2O2/c1-13(18)15-9-11-19(12-10-15)17(20)8-5-14-3-6-16(21-2)7-4-14/h3-4,6-7,13,15H,5,8-12,18H2,1-2H3. The van der Waals surface area contributed by atoms with Gasteiger partial charge in [-0.2, -0.15) is 0 Å². The zero-order valence-corrected chi connectivity index (χ0v) is 13.0. The third-order valence-electron chi connectivity index (χ3n) is 4.42. The Balaban J connectivity index is 1.77. The van der Waals surface area contributed by atoms with Gasteiger partial charge in [-0.25, -0.2) is 0 Å². The van der Waals surface area contributed by atoms with Crippen molar-refractivity contribution in [2.24, 2.45) is 11.7 Å². The molecule has 1 atom stereocenters.